The molecule has 3 rings (SSSR count). The fourth-order valence-corrected chi connectivity index (χ4v) is 3.34. The van der Waals surface area contributed by atoms with Crippen LogP contribution in [0.3, 0.4) is 0 Å². The third-order valence-corrected chi connectivity index (χ3v) is 5.05. The number of hydrogen-bond donors (Lipinski definition) is 4. The molecule has 1 atom stereocenters. The van der Waals surface area contributed by atoms with Crippen LogP contribution in [0.2, 0.25) is 0 Å². The Hall–Kier alpha value is -4.05. The smallest absolute Gasteiger partial charge is 0.290 e. The van der Waals surface area contributed by atoms with Crippen molar-refractivity contribution < 1.29 is 14.6 Å². The number of phenols is 1. The zero-order valence-electron chi connectivity index (χ0n) is 18.9. The maximum absolute atomic E-state index is 13.0. The average Bonchev–Trinajstić information content (AvgIpc) is 2.80. The fraction of sp³-hybridized carbons (Fsp3) is 0.261. The SMILES string of the molecule is COCC(Nc1c(Nc2cccc(C(=O)N(C)C)c2O)c(=O)[nH]n(C)c1=O)c1ccccc1. The van der Waals surface area contributed by atoms with Gasteiger partial charge in [0, 0.05) is 28.3 Å². The Morgan fingerprint density at radius 1 is 1.12 bits per heavy atom. The van der Waals surface area contributed by atoms with Gasteiger partial charge in [0.1, 0.15) is 11.4 Å². The standard InChI is InChI=1S/C23H27N5O5/c1-27(2)22(31)15-11-8-12-16(20(15)29)24-18-19(23(32)28(3)26-21(18)30)25-17(13-33-4)14-9-6-5-7-10-14/h5-12,17,24-25,29H,13H2,1-4H3,(H,26,30). The predicted octanol–water partition coefficient (Wildman–Crippen LogP) is 2.02. The van der Waals surface area contributed by atoms with Crippen LogP contribution in [0.1, 0.15) is 22.0 Å². The van der Waals surface area contributed by atoms with E-state index >= 15 is 0 Å². The number of nitrogens with one attached hydrogen (secondary N) is 3. The van der Waals surface area contributed by atoms with E-state index in [2.05, 4.69) is 15.7 Å². The van der Waals surface area contributed by atoms with Crippen LogP contribution in [0.25, 0.3) is 0 Å². The normalized spacial score (nSPS) is 11.6. The molecule has 0 saturated heterocycles. The van der Waals surface area contributed by atoms with E-state index < -0.39 is 23.1 Å². The molecule has 1 amide bonds. The van der Waals surface area contributed by atoms with Crippen molar-refractivity contribution in [3.05, 3.63) is 80.4 Å². The lowest BCUT2D eigenvalue weighted by Gasteiger charge is -2.22. The quantitative estimate of drug-likeness (QED) is 0.384. The Balaban J connectivity index is 2.09. The van der Waals surface area contributed by atoms with Crippen LogP contribution >= 0.6 is 0 Å². The van der Waals surface area contributed by atoms with E-state index in [4.69, 9.17) is 4.74 Å². The number of methoxy groups -OCH3 is 1. The lowest BCUT2D eigenvalue weighted by atomic mass is 10.1. The molecule has 10 heteroatoms. The number of H-pyrrole nitrogens is 1. The van der Waals surface area contributed by atoms with E-state index in [1.165, 1.54) is 31.2 Å². The number of aromatic hydroxyl groups is 1. The Bertz CT molecular complexity index is 1250. The number of carbonyl (C=O) groups is 1. The zero-order chi connectivity index (χ0) is 24.1. The van der Waals surface area contributed by atoms with Gasteiger partial charge in [0.2, 0.25) is 0 Å². The van der Waals surface area contributed by atoms with Crippen LogP contribution < -0.4 is 21.8 Å². The molecule has 0 bridgehead atoms. The number of carbonyl (C=O) groups excluding carboxylic acids is 1. The number of aromatic amines is 1. The van der Waals surface area contributed by atoms with Crippen LogP contribution in [0.15, 0.2) is 58.1 Å². The van der Waals surface area contributed by atoms with E-state index in [1.807, 2.05) is 30.3 Å². The van der Waals surface area contributed by atoms with Gasteiger partial charge < -0.3 is 25.4 Å². The number of phenolic OH excluding ortho intramolecular Hbond substituents is 1. The van der Waals surface area contributed by atoms with Gasteiger partial charge in [0.15, 0.2) is 5.75 Å². The lowest BCUT2D eigenvalue weighted by Crippen LogP contribution is -2.33. The highest BCUT2D eigenvalue weighted by atomic mass is 16.5. The minimum atomic E-state index is -0.590. The van der Waals surface area contributed by atoms with Gasteiger partial charge in [-0.1, -0.05) is 36.4 Å². The third-order valence-electron chi connectivity index (χ3n) is 5.05. The van der Waals surface area contributed by atoms with Crippen molar-refractivity contribution in [1.29, 1.82) is 0 Å². The third kappa shape index (κ3) is 5.07. The monoisotopic (exact) mass is 453 g/mol. The van der Waals surface area contributed by atoms with Crippen molar-refractivity contribution in [3.8, 4) is 5.75 Å². The molecule has 2 aromatic carbocycles. The van der Waals surface area contributed by atoms with Gasteiger partial charge in [-0.3, -0.25) is 24.2 Å². The Morgan fingerprint density at radius 3 is 2.45 bits per heavy atom. The molecule has 0 aliphatic rings. The number of benzene rings is 2. The summed E-state index contributed by atoms with van der Waals surface area (Å²) in [5.74, 6) is -0.740. The van der Waals surface area contributed by atoms with Gasteiger partial charge in [0.25, 0.3) is 17.0 Å². The van der Waals surface area contributed by atoms with Crippen LogP contribution in [0.4, 0.5) is 17.1 Å². The number of hydrogen-bond acceptors (Lipinski definition) is 7. The second kappa shape index (κ2) is 10.0. The first-order valence-corrected chi connectivity index (χ1v) is 10.2. The number of amides is 1. The number of aromatic nitrogens is 2. The summed E-state index contributed by atoms with van der Waals surface area (Å²) in [5.41, 5.74) is -0.166. The van der Waals surface area contributed by atoms with Gasteiger partial charge in [-0.25, -0.2) is 0 Å². The Kier molecular flexibility index (Phi) is 7.19. The van der Waals surface area contributed by atoms with Gasteiger partial charge >= 0.3 is 0 Å². The van der Waals surface area contributed by atoms with Crippen molar-refractivity contribution in [2.75, 3.05) is 38.4 Å². The predicted molar refractivity (Wildman–Crippen MR) is 126 cm³/mol. The molecule has 0 fully saturated rings. The second-order valence-corrected chi connectivity index (χ2v) is 7.64. The molecule has 0 saturated carbocycles. The molecule has 174 valence electrons. The number of nitrogens with zero attached hydrogens (tertiary/aromatic N) is 2. The number of rotatable bonds is 8. The maximum Gasteiger partial charge on any atom is 0.290 e. The van der Waals surface area contributed by atoms with Gasteiger partial charge in [-0.05, 0) is 17.7 Å². The first-order chi connectivity index (χ1) is 15.7. The first kappa shape index (κ1) is 23.6. The second-order valence-electron chi connectivity index (χ2n) is 7.64. The molecule has 1 aromatic heterocycles. The molecule has 0 aliphatic heterocycles. The highest BCUT2D eigenvalue weighted by molar-refractivity contribution is 5.98. The van der Waals surface area contributed by atoms with Gasteiger partial charge in [-0.15, -0.1) is 0 Å². The van der Waals surface area contributed by atoms with Crippen molar-refractivity contribution in [2.45, 2.75) is 6.04 Å². The molecule has 1 unspecified atom stereocenters. The topological polar surface area (TPSA) is 129 Å². The van der Waals surface area contributed by atoms with Crippen LogP contribution in [0, 0.1) is 0 Å². The van der Waals surface area contributed by atoms with Gasteiger partial charge in [0.05, 0.1) is 23.9 Å². The minimum Gasteiger partial charge on any atom is -0.505 e. The highest BCUT2D eigenvalue weighted by Crippen LogP contribution is 2.32. The summed E-state index contributed by atoms with van der Waals surface area (Å²) in [6, 6.07) is 13.5. The van der Waals surface area contributed by atoms with Crippen LogP contribution in [-0.2, 0) is 11.8 Å². The summed E-state index contributed by atoms with van der Waals surface area (Å²) in [5, 5.41) is 19.1. The Labute approximate surface area is 190 Å². The molecule has 10 nitrogen and oxygen atoms in total. The molecule has 0 spiro atoms. The summed E-state index contributed by atoms with van der Waals surface area (Å²) in [6.07, 6.45) is 0. The van der Waals surface area contributed by atoms with Crippen molar-refractivity contribution in [1.82, 2.24) is 14.7 Å². The molecule has 33 heavy (non-hydrogen) atoms. The molecule has 4 N–H and O–H groups in total. The summed E-state index contributed by atoms with van der Waals surface area (Å²) in [6.45, 7) is 0.234. The molecule has 1 heterocycles. The molecular formula is C23H27N5O5. The van der Waals surface area contributed by atoms with Crippen LogP contribution in [0.5, 0.6) is 5.75 Å². The van der Waals surface area contributed by atoms with E-state index in [9.17, 15) is 19.5 Å². The van der Waals surface area contributed by atoms with E-state index in [-0.39, 0.29) is 35.0 Å². The number of aryl methyl sites for hydroxylation is 1. The van der Waals surface area contributed by atoms with E-state index in [1.54, 1.807) is 20.2 Å². The van der Waals surface area contributed by atoms with Crippen molar-refractivity contribution >= 4 is 23.0 Å². The van der Waals surface area contributed by atoms with E-state index in [0.29, 0.717) is 0 Å². The maximum atomic E-state index is 13.0. The molecule has 0 aliphatic carbocycles. The van der Waals surface area contributed by atoms with Crippen molar-refractivity contribution in [3.63, 3.8) is 0 Å². The van der Waals surface area contributed by atoms with E-state index in [0.717, 1.165) is 10.2 Å². The number of ether oxygens (including phenoxy) is 1. The fourth-order valence-electron chi connectivity index (χ4n) is 3.34. The largest absolute Gasteiger partial charge is 0.505 e. The van der Waals surface area contributed by atoms with Crippen molar-refractivity contribution in [2.24, 2.45) is 7.05 Å². The molecule has 0 radical (unpaired) electrons. The average molecular weight is 453 g/mol. The highest BCUT2D eigenvalue weighted by Gasteiger charge is 2.22. The van der Waals surface area contributed by atoms with Gasteiger partial charge in [-0.2, -0.15) is 0 Å². The first-order valence-electron chi connectivity index (χ1n) is 10.2. The molecular weight excluding hydrogens is 426 g/mol. The minimum absolute atomic E-state index is 0.00380. The lowest BCUT2D eigenvalue weighted by molar-refractivity contribution is 0.0824. The summed E-state index contributed by atoms with van der Waals surface area (Å²) in [4.78, 5) is 39.5. The summed E-state index contributed by atoms with van der Waals surface area (Å²) >= 11 is 0. The number of para-hydroxylation sites is 1. The van der Waals surface area contributed by atoms with Crippen LogP contribution in [-0.4, -0.2) is 53.5 Å². The summed E-state index contributed by atoms with van der Waals surface area (Å²) < 4.78 is 6.38. The molecule has 3 aromatic rings. The number of anilines is 3. The Morgan fingerprint density at radius 2 is 1.82 bits per heavy atom. The summed E-state index contributed by atoms with van der Waals surface area (Å²) in [7, 11) is 6.10. The zero-order valence-corrected chi connectivity index (χ0v) is 18.9.